The highest BCUT2D eigenvalue weighted by Crippen LogP contribution is 2.33. The molecule has 2 heterocycles. The van der Waals surface area contributed by atoms with E-state index in [0.717, 1.165) is 67.5 Å². The van der Waals surface area contributed by atoms with E-state index in [1.807, 2.05) is 24.4 Å². The van der Waals surface area contributed by atoms with Crippen LogP contribution in [0.2, 0.25) is 0 Å². The second-order valence-corrected chi connectivity index (χ2v) is 9.80. The molecule has 0 bridgehead atoms. The van der Waals surface area contributed by atoms with Gasteiger partial charge in [-0.05, 0) is 44.4 Å². The first-order valence-electron chi connectivity index (χ1n) is 13.2. The van der Waals surface area contributed by atoms with E-state index in [1.165, 1.54) is 0 Å². The van der Waals surface area contributed by atoms with Crippen molar-refractivity contribution in [3.05, 3.63) is 59.2 Å². The lowest BCUT2D eigenvalue weighted by Gasteiger charge is -2.24. The second kappa shape index (κ2) is 14.3. The highest BCUT2D eigenvalue weighted by molar-refractivity contribution is 5.83. The molecule has 0 spiro atoms. The summed E-state index contributed by atoms with van der Waals surface area (Å²) in [5.41, 5.74) is 3.18. The number of hydrogen-bond acceptors (Lipinski definition) is 7. The number of nitrogens with zero attached hydrogens (tertiary/aromatic N) is 1. The molecule has 1 aromatic carbocycles. The molecule has 0 saturated carbocycles. The first-order valence-corrected chi connectivity index (χ1v) is 13.2. The highest BCUT2D eigenvalue weighted by atomic mass is 16.5. The molecule has 3 rings (SSSR count). The zero-order valence-electron chi connectivity index (χ0n) is 21.9. The summed E-state index contributed by atoms with van der Waals surface area (Å²) in [5.74, 6) is 0.901. The van der Waals surface area contributed by atoms with Crippen molar-refractivity contribution in [3.8, 4) is 11.5 Å². The summed E-state index contributed by atoms with van der Waals surface area (Å²) >= 11 is 0. The summed E-state index contributed by atoms with van der Waals surface area (Å²) in [5, 5.41) is 32.5. The van der Waals surface area contributed by atoms with Crippen molar-refractivity contribution in [1.82, 2.24) is 5.32 Å². The third-order valence-electron chi connectivity index (χ3n) is 6.53. The zero-order valence-corrected chi connectivity index (χ0v) is 21.9. The molecule has 2 aliphatic heterocycles. The van der Waals surface area contributed by atoms with Gasteiger partial charge in [0.1, 0.15) is 12.2 Å². The number of phenolic OH excluding ortho intramolecular Hbond substituents is 1. The van der Waals surface area contributed by atoms with Crippen LogP contribution >= 0.6 is 0 Å². The molecule has 0 aromatic heterocycles. The molecule has 0 aliphatic carbocycles. The van der Waals surface area contributed by atoms with Gasteiger partial charge in [-0.25, -0.2) is 0 Å². The van der Waals surface area contributed by atoms with Gasteiger partial charge in [-0.3, -0.25) is 0 Å². The number of aromatic hydroxyl groups is 1. The summed E-state index contributed by atoms with van der Waals surface area (Å²) in [6, 6.07) is 6.42. The molecule has 4 N–H and O–H groups in total. The van der Waals surface area contributed by atoms with Crippen LogP contribution in [0.15, 0.2) is 46.5 Å². The minimum absolute atomic E-state index is 0.00235. The molecule has 0 radical (unpaired) electrons. The number of aliphatic hydroxyl groups is 2. The fourth-order valence-corrected chi connectivity index (χ4v) is 4.32. The van der Waals surface area contributed by atoms with E-state index in [-0.39, 0.29) is 24.6 Å². The van der Waals surface area contributed by atoms with E-state index in [1.54, 1.807) is 13.0 Å². The van der Waals surface area contributed by atoms with Gasteiger partial charge in [-0.1, -0.05) is 38.4 Å². The van der Waals surface area contributed by atoms with E-state index in [0.29, 0.717) is 31.2 Å². The van der Waals surface area contributed by atoms with Crippen LogP contribution in [0.4, 0.5) is 0 Å². The molecular formula is C29H42N2O5. The molecule has 7 nitrogen and oxygen atoms in total. The molecule has 0 amide bonds. The molecule has 198 valence electrons. The molecule has 3 unspecified atom stereocenters. The number of aliphatic imine (C=N–C) groups is 1. The third kappa shape index (κ3) is 8.59. The maximum Gasteiger partial charge on any atom is 0.176 e. The van der Waals surface area contributed by atoms with Crippen LogP contribution in [0, 0.1) is 18.1 Å². The van der Waals surface area contributed by atoms with E-state index >= 15 is 0 Å². The van der Waals surface area contributed by atoms with Gasteiger partial charge in [-0.15, -0.1) is 4.99 Å². The average molecular weight is 499 g/mol. The minimum atomic E-state index is -0.355. The van der Waals surface area contributed by atoms with Crippen LogP contribution in [0.5, 0.6) is 11.5 Å². The molecule has 36 heavy (non-hydrogen) atoms. The van der Waals surface area contributed by atoms with Crippen molar-refractivity contribution in [1.29, 1.82) is 0 Å². The number of ether oxygens (including phenoxy) is 2. The number of rotatable bonds is 16. The Kier molecular flexibility index (Phi) is 11.2. The normalized spacial score (nSPS) is 19.0. The number of unbranched alkanes of at least 4 members (excludes halogenated alkanes) is 1. The van der Waals surface area contributed by atoms with Gasteiger partial charge in [-0.2, -0.15) is 11.6 Å². The van der Waals surface area contributed by atoms with Crippen molar-refractivity contribution >= 4 is 6.21 Å². The monoisotopic (exact) mass is 498 g/mol. The molecule has 0 saturated heterocycles. The third-order valence-corrected chi connectivity index (χ3v) is 6.53. The van der Waals surface area contributed by atoms with Gasteiger partial charge in [0, 0.05) is 25.8 Å². The minimum Gasteiger partial charge on any atom is -0.504 e. The molecule has 1 aromatic rings. The quantitative estimate of drug-likeness (QED) is 0.254. The van der Waals surface area contributed by atoms with Crippen molar-refractivity contribution < 1.29 is 24.8 Å². The maximum atomic E-state index is 10.3. The number of hydrogen-bond donors (Lipinski definition) is 4. The van der Waals surface area contributed by atoms with Crippen molar-refractivity contribution in [3.63, 3.8) is 0 Å². The smallest absolute Gasteiger partial charge is 0.176 e. The van der Waals surface area contributed by atoms with Crippen LogP contribution in [0.3, 0.4) is 0 Å². The summed E-state index contributed by atoms with van der Waals surface area (Å²) < 4.78 is 12.0. The highest BCUT2D eigenvalue weighted by Gasteiger charge is 2.25. The Balaban J connectivity index is 1.44. The fourth-order valence-electron chi connectivity index (χ4n) is 4.32. The topological polar surface area (TPSA) is 104 Å². The van der Waals surface area contributed by atoms with Crippen molar-refractivity contribution in [2.45, 2.75) is 71.5 Å². The fraction of sp³-hybridized carbons (Fsp3) is 0.552. The number of phenols is 1. The standard InChI is InChI=1S/C29H42N2O5/c1-4-5-6-28-24(19-32)15-26(36-28)9-7-22-8-10-27(34)29(13-22)35-12-11-25-14-23(18-31-25)20(2)16-30-17-21(3)33/h8,10,13-15,18,20-21,28,30,32-34H,4-7,9,11-12,16-17,19H2,1-3H3. The Bertz CT molecular complexity index is 911. The van der Waals surface area contributed by atoms with Gasteiger partial charge in [0.15, 0.2) is 23.8 Å². The summed E-state index contributed by atoms with van der Waals surface area (Å²) in [6.07, 6.45) is 11.8. The van der Waals surface area contributed by atoms with Crippen LogP contribution < -0.4 is 10.1 Å². The molecule has 2 aliphatic rings. The Morgan fingerprint density at radius 1 is 1.28 bits per heavy atom. The number of nitrogens with one attached hydrogen (secondary N) is 1. The Labute approximate surface area is 215 Å². The molecule has 7 heteroatoms. The summed E-state index contributed by atoms with van der Waals surface area (Å²) in [7, 11) is 0. The lowest BCUT2D eigenvalue weighted by atomic mass is 10.0. The van der Waals surface area contributed by atoms with Crippen LogP contribution in [0.25, 0.3) is 0 Å². The first-order chi connectivity index (χ1) is 17.4. The van der Waals surface area contributed by atoms with Gasteiger partial charge in [0.2, 0.25) is 0 Å². The largest absolute Gasteiger partial charge is 0.504 e. The van der Waals surface area contributed by atoms with E-state index in [2.05, 4.69) is 30.2 Å². The van der Waals surface area contributed by atoms with Gasteiger partial charge in [0.25, 0.3) is 0 Å². The van der Waals surface area contributed by atoms with Gasteiger partial charge >= 0.3 is 0 Å². The lowest BCUT2D eigenvalue weighted by molar-refractivity contribution is 0.103. The SMILES string of the molecule is CCCCC1O[C-](CCc2ccc(O)c(OCC[C+]3C=C(C(C)CNCC(C)O)C=N3)c2)C=C1CO. The molecule has 0 fully saturated rings. The summed E-state index contributed by atoms with van der Waals surface area (Å²) in [4.78, 5) is 4.50. The Morgan fingerprint density at radius 2 is 2.11 bits per heavy atom. The summed E-state index contributed by atoms with van der Waals surface area (Å²) in [6.45, 7) is 7.88. The predicted octanol–water partition coefficient (Wildman–Crippen LogP) is 4.28. The van der Waals surface area contributed by atoms with Crippen LogP contribution in [-0.2, 0) is 11.2 Å². The maximum absolute atomic E-state index is 10.3. The average Bonchev–Trinajstić information content (AvgIpc) is 3.49. The van der Waals surface area contributed by atoms with Crippen LogP contribution in [-0.4, -0.2) is 60.0 Å². The number of aliphatic hydroxyl groups excluding tert-OH is 2. The van der Waals surface area contributed by atoms with Crippen LogP contribution in [0.1, 0.15) is 58.4 Å². The molecule has 3 atom stereocenters. The van der Waals surface area contributed by atoms with E-state index in [9.17, 15) is 15.3 Å². The number of benzene rings is 1. The van der Waals surface area contributed by atoms with Gasteiger partial charge in [0.05, 0.1) is 24.5 Å². The van der Waals surface area contributed by atoms with Gasteiger partial charge < -0.3 is 30.1 Å². The Hall–Kier alpha value is -2.45. The number of aryl methyl sites for hydroxylation is 1. The first kappa shape index (κ1) is 28.1. The van der Waals surface area contributed by atoms with Crippen molar-refractivity contribution in [2.24, 2.45) is 10.9 Å². The predicted molar refractivity (Wildman–Crippen MR) is 143 cm³/mol. The second-order valence-electron chi connectivity index (χ2n) is 9.80. The van der Waals surface area contributed by atoms with E-state index in [4.69, 9.17) is 9.47 Å². The Morgan fingerprint density at radius 3 is 2.86 bits per heavy atom. The lowest BCUT2D eigenvalue weighted by Crippen LogP contribution is -2.29. The van der Waals surface area contributed by atoms with Crippen molar-refractivity contribution in [2.75, 3.05) is 26.3 Å². The zero-order chi connectivity index (χ0) is 25.9. The molecular weight excluding hydrogens is 456 g/mol. The van der Waals surface area contributed by atoms with E-state index < -0.39 is 0 Å².